The molecule has 116 valence electrons. The molecule has 2 rings (SSSR count). The lowest BCUT2D eigenvalue weighted by atomic mass is 10.0. The summed E-state index contributed by atoms with van der Waals surface area (Å²) >= 11 is 6.05. The molecule has 21 heavy (non-hydrogen) atoms. The van der Waals surface area contributed by atoms with E-state index in [0.29, 0.717) is 23.8 Å². The quantitative estimate of drug-likeness (QED) is 0.849. The molecule has 1 aromatic rings. The van der Waals surface area contributed by atoms with Crippen LogP contribution in [0, 0.1) is 0 Å². The molecule has 0 saturated carbocycles. The van der Waals surface area contributed by atoms with Crippen LogP contribution in [0.2, 0.25) is 5.02 Å². The van der Waals surface area contributed by atoms with E-state index in [1.165, 1.54) is 6.92 Å². The number of hydrogen-bond donors (Lipinski definition) is 2. The highest BCUT2D eigenvalue weighted by atomic mass is 35.5. The standard InChI is InChI=1S/C13H17ClN2O4S/c1-2-21(18,19)15-8-12(17)16-11-6-7-20-13-9(11)4-3-5-10(13)14/h3-5,11,15H,2,6-8H2,1H3,(H,16,17)/t11-/m1/s1. The van der Waals surface area contributed by atoms with Crippen molar-refractivity contribution in [2.75, 3.05) is 18.9 Å². The number of benzene rings is 1. The summed E-state index contributed by atoms with van der Waals surface area (Å²) in [6.07, 6.45) is 0.611. The molecule has 1 amide bonds. The van der Waals surface area contributed by atoms with Gasteiger partial charge in [-0.3, -0.25) is 4.79 Å². The molecule has 0 aliphatic carbocycles. The minimum atomic E-state index is -3.38. The summed E-state index contributed by atoms with van der Waals surface area (Å²) in [5.41, 5.74) is 0.806. The maximum Gasteiger partial charge on any atom is 0.235 e. The van der Waals surface area contributed by atoms with Gasteiger partial charge in [0.2, 0.25) is 15.9 Å². The number of ether oxygens (including phenoxy) is 1. The molecule has 2 N–H and O–H groups in total. The van der Waals surface area contributed by atoms with E-state index in [2.05, 4.69) is 10.0 Å². The van der Waals surface area contributed by atoms with Gasteiger partial charge in [-0.2, -0.15) is 0 Å². The number of amides is 1. The molecule has 6 nitrogen and oxygen atoms in total. The number of hydrogen-bond acceptors (Lipinski definition) is 4. The van der Waals surface area contributed by atoms with Gasteiger partial charge in [-0.1, -0.05) is 23.7 Å². The first-order chi connectivity index (χ1) is 9.93. The molecule has 0 spiro atoms. The number of sulfonamides is 1. The van der Waals surface area contributed by atoms with Gasteiger partial charge < -0.3 is 10.1 Å². The highest BCUT2D eigenvalue weighted by Gasteiger charge is 2.24. The van der Waals surface area contributed by atoms with E-state index >= 15 is 0 Å². The van der Waals surface area contributed by atoms with Gasteiger partial charge in [0, 0.05) is 12.0 Å². The first-order valence-electron chi connectivity index (χ1n) is 6.61. The van der Waals surface area contributed by atoms with Gasteiger partial charge in [0.1, 0.15) is 5.75 Å². The normalized spacial score (nSPS) is 17.7. The maximum atomic E-state index is 11.9. The molecule has 1 aromatic carbocycles. The Morgan fingerprint density at radius 2 is 2.24 bits per heavy atom. The second-order valence-electron chi connectivity index (χ2n) is 4.64. The average molecular weight is 333 g/mol. The summed E-state index contributed by atoms with van der Waals surface area (Å²) < 4.78 is 30.4. The summed E-state index contributed by atoms with van der Waals surface area (Å²) in [5, 5.41) is 3.29. The minimum Gasteiger partial charge on any atom is -0.492 e. The van der Waals surface area contributed by atoms with Crippen molar-refractivity contribution in [3.63, 3.8) is 0 Å². The molecule has 1 atom stereocenters. The van der Waals surface area contributed by atoms with Crippen LogP contribution in [0.4, 0.5) is 0 Å². The van der Waals surface area contributed by atoms with Crippen molar-refractivity contribution >= 4 is 27.5 Å². The van der Waals surface area contributed by atoms with Crippen LogP contribution in [-0.2, 0) is 14.8 Å². The van der Waals surface area contributed by atoms with E-state index in [9.17, 15) is 13.2 Å². The van der Waals surface area contributed by atoms with Crippen molar-refractivity contribution < 1.29 is 17.9 Å². The van der Waals surface area contributed by atoms with E-state index in [1.54, 1.807) is 12.1 Å². The fourth-order valence-corrected chi connectivity index (χ4v) is 2.85. The molecular weight excluding hydrogens is 316 g/mol. The SMILES string of the molecule is CCS(=O)(=O)NCC(=O)N[C@@H]1CCOc2c(Cl)cccc21. The number of carbonyl (C=O) groups is 1. The van der Waals surface area contributed by atoms with Crippen LogP contribution in [-0.4, -0.2) is 33.2 Å². The molecule has 0 radical (unpaired) electrons. The third-order valence-corrected chi connectivity index (χ3v) is 4.84. The monoisotopic (exact) mass is 332 g/mol. The number of nitrogens with one attached hydrogen (secondary N) is 2. The van der Waals surface area contributed by atoms with Crippen molar-refractivity contribution in [1.29, 1.82) is 0 Å². The zero-order chi connectivity index (χ0) is 15.5. The smallest absolute Gasteiger partial charge is 0.235 e. The highest BCUT2D eigenvalue weighted by molar-refractivity contribution is 7.89. The summed E-state index contributed by atoms with van der Waals surface area (Å²) in [5.74, 6) is 0.130. The average Bonchev–Trinajstić information content (AvgIpc) is 2.46. The van der Waals surface area contributed by atoms with Gasteiger partial charge in [-0.15, -0.1) is 0 Å². The fourth-order valence-electron chi connectivity index (χ4n) is 2.06. The second kappa shape index (κ2) is 6.64. The lowest BCUT2D eigenvalue weighted by molar-refractivity contribution is -0.120. The van der Waals surface area contributed by atoms with Gasteiger partial charge in [-0.05, 0) is 13.0 Å². The molecule has 0 saturated heterocycles. The zero-order valence-electron chi connectivity index (χ0n) is 11.6. The van der Waals surface area contributed by atoms with Crippen molar-refractivity contribution in [2.45, 2.75) is 19.4 Å². The van der Waals surface area contributed by atoms with Crippen LogP contribution in [0.5, 0.6) is 5.75 Å². The van der Waals surface area contributed by atoms with E-state index in [1.807, 2.05) is 6.07 Å². The van der Waals surface area contributed by atoms with Crippen LogP contribution < -0.4 is 14.8 Å². The Morgan fingerprint density at radius 3 is 2.95 bits per heavy atom. The third-order valence-electron chi connectivity index (χ3n) is 3.19. The van der Waals surface area contributed by atoms with Crippen LogP contribution >= 0.6 is 11.6 Å². The molecule has 1 aliphatic rings. The number of para-hydroxylation sites is 1. The fraction of sp³-hybridized carbons (Fsp3) is 0.462. The second-order valence-corrected chi connectivity index (χ2v) is 7.14. The Morgan fingerprint density at radius 1 is 1.48 bits per heavy atom. The van der Waals surface area contributed by atoms with Crippen LogP contribution in [0.25, 0.3) is 0 Å². The van der Waals surface area contributed by atoms with E-state index < -0.39 is 10.0 Å². The largest absolute Gasteiger partial charge is 0.492 e. The lowest BCUT2D eigenvalue weighted by Crippen LogP contribution is -2.40. The molecule has 8 heteroatoms. The van der Waals surface area contributed by atoms with Crippen LogP contribution in [0.15, 0.2) is 18.2 Å². The van der Waals surface area contributed by atoms with Crippen molar-refractivity contribution in [3.8, 4) is 5.75 Å². The number of halogens is 1. The van der Waals surface area contributed by atoms with Crippen LogP contribution in [0.3, 0.4) is 0 Å². The maximum absolute atomic E-state index is 11.9. The van der Waals surface area contributed by atoms with Gasteiger partial charge in [0.25, 0.3) is 0 Å². The van der Waals surface area contributed by atoms with Gasteiger partial charge in [0.15, 0.2) is 0 Å². The molecule has 1 heterocycles. The van der Waals surface area contributed by atoms with E-state index in [-0.39, 0.29) is 24.2 Å². The third kappa shape index (κ3) is 4.09. The number of carbonyl (C=O) groups excluding carboxylic acids is 1. The topological polar surface area (TPSA) is 84.5 Å². The predicted octanol–water partition coefficient (Wildman–Crippen LogP) is 1.22. The van der Waals surface area contributed by atoms with Gasteiger partial charge >= 0.3 is 0 Å². The van der Waals surface area contributed by atoms with E-state index in [4.69, 9.17) is 16.3 Å². The molecule has 0 aromatic heterocycles. The Balaban J connectivity index is 2.02. The van der Waals surface area contributed by atoms with E-state index in [0.717, 1.165) is 5.56 Å². The number of fused-ring (bicyclic) bond motifs is 1. The minimum absolute atomic E-state index is 0.0595. The Bertz CT molecular complexity index is 633. The molecule has 0 fully saturated rings. The zero-order valence-corrected chi connectivity index (χ0v) is 13.1. The Hall–Kier alpha value is -1.31. The van der Waals surface area contributed by atoms with Gasteiger partial charge in [0.05, 0.1) is 30.0 Å². The molecule has 1 aliphatic heterocycles. The summed E-state index contributed by atoms with van der Waals surface area (Å²) in [6, 6.07) is 5.11. The number of rotatable bonds is 5. The van der Waals surface area contributed by atoms with Gasteiger partial charge in [-0.25, -0.2) is 13.1 Å². The van der Waals surface area contributed by atoms with Crippen molar-refractivity contribution in [1.82, 2.24) is 10.0 Å². The highest BCUT2D eigenvalue weighted by Crippen LogP contribution is 2.37. The predicted molar refractivity (Wildman–Crippen MR) is 79.9 cm³/mol. The molecule has 0 bridgehead atoms. The van der Waals surface area contributed by atoms with Crippen molar-refractivity contribution in [2.24, 2.45) is 0 Å². The Labute approximate surface area is 128 Å². The summed E-state index contributed by atoms with van der Waals surface area (Å²) in [4.78, 5) is 11.9. The summed E-state index contributed by atoms with van der Waals surface area (Å²) in [7, 11) is -3.38. The lowest BCUT2D eigenvalue weighted by Gasteiger charge is -2.27. The van der Waals surface area contributed by atoms with Crippen molar-refractivity contribution in [3.05, 3.63) is 28.8 Å². The Kier molecular flexibility index (Phi) is 5.08. The summed E-state index contributed by atoms with van der Waals surface area (Å²) in [6.45, 7) is 1.68. The molecule has 0 unspecified atom stereocenters. The molecular formula is C13H17ClN2O4S. The van der Waals surface area contributed by atoms with Crippen LogP contribution in [0.1, 0.15) is 24.9 Å². The first kappa shape index (κ1) is 16.1. The first-order valence-corrected chi connectivity index (χ1v) is 8.64.